The number of nitrogens with zero attached hydrogens (tertiary/aromatic N) is 1. The average Bonchev–Trinajstić information content (AvgIpc) is 3.05. The van der Waals surface area contributed by atoms with Gasteiger partial charge in [-0.3, -0.25) is 4.79 Å². The molecule has 1 N–H and O–H groups in total. The SMILES string of the molecule is CCOC(=O)c1nc(C2CC2)[nH]c(=O)c1C. The summed E-state index contributed by atoms with van der Waals surface area (Å²) in [6, 6.07) is 0. The van der Waals surface area contributed by atoms with E-state index in [-0.39, 0.29) is 17.9 Å². The van der Waals surface area contributed by atoms with E-state index in [0.29, 0.717) is 17.3 Å². The van der Waals surface area contributed by atoms with E-state index in [9.17, 15) is 9.59 Å². The Morgan fingerprint density at radius 1 is 1.56 bits per heavy atom. The summed E-state index contributed by atoms with van der Waals surface area (Å²) in [4.78, 5) is 30.1. The molecule has 5 heteroatoms. The maximum absolute atomic E-state index is 11.6. The van der Waals surface area contributed by atoms with Gasteiger partial charge in [0.25, 0.3) is 5.56 Å². The minimum atomic E-state index is -0.520. The van der Waals surface area contributed by atoms with Crippen molar-refractivity contribution in [2.24, 2.45) is 0 Å². The summed E-state index contributed by atoms with van der Waals surface area (Å²) < 4.78 is 4.86. The molecule has 1 heterocycles. The topological polar surface area (TPSA) is 72.0 Å². The number of H-pyrrole nitrogens is 1. The van der Waals surface area contributed by atoms with Gasteiger partial charge >= 0.3 is 5.97 Å². The second kappa shape index (κ2) is 4.08. The third-order valence-electron chi connectivity index (χ3n) is 2.60. The summed E-state index contributed by atoms with van der Waals surface area (Å²) >= 11 is 0. The number of carbonyl (C=O) groups is 1. The lowest BCUT2D eigenvalue weighted by molar-refractivity contribution is 0.0517. The van der Waals surface area contributed by atoms with Crippen molar-refractivity contribution in [3.63, 3.8) is 0 Å². The van der Waals surface area contributed by atoms with Crippen LogP contribution in [0.15, 0.2) is 4.79 Å². The van der Waals surface area contributed by atoms with E-state index in [4.69, 9.17) is 4.74 Å². The zero-order valence-electron chi connectivity index (χ0n) is 9.37. The molecule has 1 fully saturated rings. The summed E-state index contributed by atoms with van der Waals surface area (Å²) in [5.74, 6) is 0.396. The van der Waals surface area contributed by atoms with E-state index in [1.54, 1.807) is 13.8 Å². The number of nitrogens with one attached hydrogen (secondary N) is 1. The van der Waals surface area contributed by atoms with Crippen LogP contribution in [0.5, 0.6) is 0 Å². The van der Waals surface area contributed by atoms with Crippen molar-refractivity contribution in [2.75, 3.05) is 6.61 Å². The Bertz CT molecular complexity index is 475. The fraction of sp³-hybridized carbons (Fsp3) is 0.545. The van der Waals surface area contributed by atoms with Crippen molar-refractivity contribution in [2.45, 2.75) is 32.6 Å². The molecule has 0 unspecified atom stereocenters. The molecular weight excluding hydrogens is 208 g/mol. The van der Waals surface area contributed by atoms with Crippen molar-refractivity contribution in [3.8, 4) is 0 Å². The monoisotopic (exact) mass is 222 g/mol. The first-order chi connectivity index (χ1) is 7.63. The summed E-state index contributed by atoms with van der Waals surface area (Å²) in [7, 11) is 0. The van der Waals surface area contributed by atoms with Crippen LogP contribution in [0.25, 0.3) is 0 Å². The number of ether oxygens (including phenoxy) is 1. The van der Waals surface area contributed by atoms with Gasteiger partial charge in [-0.25, -0.2) is 9.78 Å². The quantitative estimate of drug-likeness (QED) is 0.778. The van der Waals surface area contributed by atoms with Crippen LogP contribution < -0.4 is 5.56 Å². The Balaban J connectivity index is 2.42. The van der Waals surface area contributed by atoms with E-state index < -0.39 is 5.97 Å². The van der Waals surface area contributed by atoms with Crippen molar-refractivity contribution >= 4 is 5.97 Å². The highest BCUT2D eigenvalue weighted by Crippen LogP contribution is 2.37. The lowest BCUT2D eigenvalue weighted by Gasteiger charge is -2.05. The van der Waals surface area contributed by atoms with Crippen LogP contribution in [0.4, 0.5) is 0 Å². The van der Waals surface area contributed by atoms with E-state index in [2.05, 4.69) is 9.97 Å². The Morgan fingerprint density at radius 3 is 2.81 bits per heavy atom. The molecule has 0 saturated heterocycles. The highest BCUT2D eigenvalue weighted by atomic mass is 16.5. The van der Waals surface area contributed by atoms with Gasteiger partial charge in [0.2, 0.25) is 0 Å². The van der Waals surface area contributed by atoms with Crippen molar-refractivity contribution < 1.29 is 9.53 Å². The summed E-state index contributed by atoms with van der Waals surface area (Å²) in [5, 5.41) is 0. The van der Waals surface area contributed by atoms with Crippen molar-refractivity contribution in [1.29, 1.82) is 0 Å². The molecule has 5 nitrogen and oxygen atoms in total. The van der Waals surface area contributed by atoms with Gasteiger partial charge in [0, 0.05) is 11.5 Å². The molecule has 0 radical (unpaired) electrons. The minimum absolute atomic E-state index is 0.146. The molecule has 2 rings (SSSR count). The van der Waals surface area contributed by atoms with Gasteiger partial charge in [-0.05, 0) is 26.7 Å². The van der Waals surface area contributed by atoms with E-state index in [1.165, 1.54) is 0 Å². The zero-order chi connectivity index (χ0) is 11.7. The average molecular weight is 222 g/mol. The number of carbonyl (C=O) groups excluding carboxylic acids is 1. The van der Waals surface area contributed by atoms with Crippen LogP contribution in [0.3, 0.4) is 0 Å². The van der Waals surface area contributed by atoms with E-state index >= 15 is 0 Å². The first-order valence-corrected chi connectivity index (χ1v) is 5.41. The van der Waals surface area contributed by atoms with Gasteiger partial charge in [-0.15, -0.1) is 0 Å². The molecule has 86 valence electrons. The molecule has 16 heavy (non-hydrogen) atoms. The molecule has 0 bridgehead atoms. The van der Waals surface area contributed by atoms with Crippen LogP contribution in [-0.2, 0) is 4.74 Å². The second-order valence-electron chi connectivity index (χ2n) is 3.92. The maximum atomic E-state index is 11.6. The van der Waals surface area contributed by atoms with Crippen LogP contribution in [0.1, 0.15) is 47.6 Å². The normalized spacial score (nSPS) is 14.9. The largest absolute Gasteiger partial charge is 0.461 e. The van der Waals surface area contributed by atoms with Crippen LogP contribution in [0.2, 0.25) is 0 Å². The van der Waals surface area contributed by atoms with Crippen molar-refractivity contribution in [3.05, 3.63) is 27.4 Å². The Morgan fingerprint density at radius 2 is 2.25 bits per heavy atom. The van der Waals surface area contributed by atoms with Gasteiger partial charge in [-0.1, -0.05) is 0 Å². The number of hydrogen-bond donors (Lipinski definition) is 1. The molecule has 1 aliphatic carbocycles. The van der Waals surface area contributed by atoms with Crippen LogP contribution in [-0.4, -0.2) is 22.5 Å². The molecule has 0 atom stereocenters. The fourth-order valence-corrected chi connectivity index (χ4v) is 1.50. The predicted molar refractivity (Wildman–Crippen MR) is 57.5 cm³/mol. The molecule has 0 aromatic carbocycles. The highest BCUT2D eigenvalue weighted by Gasteiger charge is 2.28. The zero-order valence-corrected chi connectivity index (χ0v) is 9.37. The third kappa shape index (κ3) is 1.98. The van der Waals surface area contributed by atoms with Crippen LogP contribution >= 0.6 is 0 Å². The lowest BCUT2D eigenvalue weighted by Crippen LogP contribution is -2.21. The van der Waals surface area contributed by atoms with Gasteiger partial charge in [0.1, 0.15) is 5.82 Å². The Kier molecular flexibility index (Phi) is 2.77. The Hall–Kier alpha value is -1.65. The van der Waals surface area contributed by atoms with Gasteiger partial charge in [0.05, 0.1) is 6.61 Å². The highest BCUT2D eigenvalue weighted by molar-refractivity contribution is 5.88. The first kappa shape index (κ1) is 10.9. The molecule has 0 spiro atoms. The standard InChI is InChI=1S/C11H14N2O3/c1-3-16-11(15)8-6(2)10(14)13-9(12-8)7-4-5-7/h7H,3-5H2,1-2H3,(H,12,13,14). The maximum Gasteiger partial charge on any atom is 0.357 e. The summed E-state index contributed by atoms with van der Waals surface area (Å²) in [6.45, 7) is 3.59. The molecule has 1 aromatic rings. The second-order valence-corrected chi connectivity index (χ2v) is 3.92. The van der Waals surface area contributed by atoms with Gasteiger partial charge in [-0.2, -0.15) is 0 Å². The summed E-state index contributed by atoms with van der Waals surface area (Å²) in [5.41, 5.74) is 0.218. The predicted octanol–water partition coefficient (Wildman–Crippen LogP) is 1.13. The fourth-order valence-electron chi connectivity index (χ4n) is 1.50. The molecular formula is C11H14N2O3. The van der Waals surface area contributed by atoms with Crippen LogP contribution in [0, 0.1) is 6.92 Å². The first-order valence-electron chi connectivity index (χ1n) is 5.41. The Labute approximate surface area is 92.9 Å². The van der Waals surface area contributed by atoms with E-state index in [0.717, 1.165) is 12.8 Å². The number of aromatic nitrogens is 2. The number of aromatic amines is 1. The molecule has 0 aliphatic heterocycles. The molecule has 1 aliphatic rings. The lowest BCUT2D eigenvalue weighted by atomic mass is 10.2. The van der Waals surface area contributed by atoms with Crippen molar-refractivity contribution in [1.82, 2.24) is 9.97 Å². The molecule has 1 saturated carbocycles. The smallest absolute Gasteiger partial charge is 0.357 e. The summed E-state index contributed by atoms with van der Waals surface area (Å²) in [6.07, 6.45) is 2.04. The minimum Gasteiger partial charge on any atom is -0.461 e. The number of hydrogen-bond acceptors (Lipinski definition) is 4. The van der Waals surface area contributed by atoms with Gasteiger partial charge < -0.3 is 9.72 Å². The van der Waals surface area contributed by atoms with E-state index in [1.807, 2.05) is 0 Å². The molecule has 1 aromatic heterocycles. The molecule has 0 amide bonds. The van der Waals surface area contributed by atoms with Gasteiger partial charge in [0.15, 0.2) is 5.69 Å². The number of esters is 1. The number of rotatable bonds is 3. The third-order valence-corrected chi connectivity index (χ3v) is 2.60.